The second kappa shape index (κ2) is 4.52. The quantitative estimate of drug-likeness (QED) is 0.723. The van der Waals surface area contributed by atoms with Gasteiger partial charge in [0, 0.05) is 12.1 Å². The van der Waals surface area contributed by atoms with Crippen LogP contribution in [0, 0.1) is 0 Å². The van der Waals surface area contributed by atoms with Gasteiger partial charge in [0.15, 0.2) is 11.5 Å². The molecule has 4 nitrogen and oxygen atoms in total. The van der Waals surface area contributed by atoms with Crippen LogP contribution < -0.4 is 9.47 Å². The number of aromatic nitrogens is 2. The van der Waals surface area contributed by atoms with Gasteiger partial charge in [-0.2, -0.15) is 0 Å². The van der Waals surface area contributed by atoms with Gasteiger partial charge in [0.05, 0.1) is 25.3 Å². The SMILES string of the molecule is COc1cc2c(cc1OC)-c1nc3ccccc3n1CC2. The highest BCUT2D eigenvalue weighted by Crippen LogP contribution is 2.39. The lowest BCUT2D eigenvalue weighted by atomic mass is 9.99. The van der Waals surface area contributed by atoms with Crippen molar-refractivity contribution < 1.29 is 9.47 Å². The van der Waals surface area contributed by atoms with Crippen molar-refractivity contribution in [2.24, 2.45) is 0 Å². The second-order valence-electron chi connectivity index (χ2n) is 5.19. The van der Waals surface area contributed by atoms with Gasteiger partial charge in [-0.3, -0.25) is 0 Å². The van der Waals surface area contributed by atoms with E-state index in [0.29, 0.717) is 0 Å². The first-order valence-corrected chi connectivity index (χ1v) is 7.02. The van der Waals surface area contributed by atoms with E-state index in [4.69, 9.17) is 14.5 Å². The Morgan fingerprint density at radius 3 is 2.62 bits per heavy atom. The van der Waals surface area contributed by atoms with E-state index in [0.717, 1.165) is 41.4 Å². The fraction of sp³-hybridized carbons (Fsp3) is 0.235. The van der Waals surface area contributed by atoms with E-state index in [-0.39, 0.29) is 0 Å². The summed E-state index contributed by atoms with van der Waals surface area (Å²) in [6.45, 7) is 0.943. The highest BCUT2D eigenvalue weighted by molar-refractivity contribution is 5.82. The number of imidazole rings is 1. The average Bonchev–Trinajstić information content (AvgIpc) is 2.92. The summed E-state index contributed by atoms with van der Waals surface area (Å²) in [7, 11) is 3.33. The van der Waals surface area contributed by atoms with Crippen LogP contribution in [-0.2, 0) is 13.0 Å². The van der Waals surface area contributed by atoms with Crippen molar-refractivity contribution >= 4 is 11.0 Å². The lowest BCUT2D eigenvalue weighted by molar-refractivity contribution is 0.354. The minimum Gasteiger partial charge on any atom is -0.493 e. The summed E-state index contributed by atoms with van der Waals surface area (Å²) in [5, 5.41) is 0. The summed E-state index contributed by atoms with van der Waals surface area (Å²) < 4.78 is 13.1. The maximum atomic E-state index is 5.43. The molecule has 0 spiro atoms. The van der Waals surface area contributed by atoms with E-state index >= 15 is 0 Å². The molecule has 2 heterocycles. The number of methoxy groups -OCH3 is 2. The van der Waals surface area contributed by atoms with E-state index in [1.54, 1.807) is 14.2 Å². The van der Waals surface area contributed by atoms with Crippen molar-refractivity contribution in [2.75, 3.05) is 14.2 Å². The first-order chi connectivity index (χ1) is 10.3. The normalized spacial score (nSPS) is 12.9. The van der Waals surface area contributed by atoms with Crippen LogP contribution in [0.4, 0.5) is 0 Å². The lowest BCUT2D eigenvalue weighted by Gasteiger charge is -2.20. The fourth-order valence-electron chi connectivity index (χ4n) is 3.08. The van der Waals surface area contributed by atoms with Crippen LogP contribution in [0.15, 0.2) is 36.4 Å². The van der Waals surface area contributed by atoms with Crippen LogP contribution in [0.25, 0.3) is 22.4 Å². The first kappa shape index (κ1) is 12.3. The molecule has 1 aliphatic heterocycles. The van der Waals surface area contributed by atoms with E-state index in [1.165, 1.54) is 11.1 Å². The van der Waals surface area contributed by atoms with Crippen LogP contribution in [0.2, 0.25) is 0 Å². The number of hydrogen-bond acceptors (Lipinski definition) is 3. The van der Waals surface area contributed by atoms with Crippen molar-refractivity contribution in [1.29, 1.82) is 0 Å². The molecular weight excluding hydrogens is 264 g/mol. The van der Waals surface area contributed by atoms with Crippen molar-refractivity contribution in [3.8, 4) is 22.9 Å². The molecule has 0 aliphatic carbocycles. The van der Waals surface area contributed by atoms with Crippen LogP contribution in [-0.4, -0.2) is 23.8 Å². The Bertz CT molecular complexity index is 836. The van der Waals surface area contributed by atoms with Gasteiger partial charge in [0.2, 0.25) is 0 Å². The van der Waals surface area contributed by atoms with E-state index in [2.05, 4.69) is 28.8 Å². The molecule has 0 unspecified atom stereocenters. The van der Waals surface area contributed by atoms with E-state index in [9.17, 15) is 0 Å². The van der Waals surface area contributed by atoms with Crippen molar-refractivity contribution in [3.05, 3.63) is 42.0 Å². The summed E-state index contributed by atoms with van der Waals surface area (Å²) >= 11 is 0. The second-order valence-corrected chi connectivity index (χ2v) is 5.19. The van der Waals surface area contributed by atoms with Crippen molar-refractivity contribution in [3.63, 3.8) is 0 Å². The zero-order valence-electron chi connectivity index (χ0n) is 12.1. The largest absolute Gasteiger partial charge is 0.493 e. The smallest absolute Gasteiger partial charge is 0.161 e. The molecule has 0 saturated carbocycles. The number of benzene rings is 2. The average molecular weight is 280 g/mol. The Morgan fingerprint density at radius 1 is 1.05 bits per heavy atom. The fourth-order valence-corrected chi connectivity index (χ4v) is 3.08. The van der Waals surface area contributed by atoms with Crippen LogP contribution in [0.1, 0.15) is 5.56 Å². The Balaban J connectivity index is 1.99. The Labute approximate surface area is 122 Å². The molecule has 4 rings (SSSR count). The Hall–Kier alpha value is -2.49. The minimum absolute atomic E-state index is 0.747. The predicted molar refractivity (Wildman–Crippen MR) is 82.0 cm³/mol. The van der Waals surface area contributed by atoms with Gasteiger partial charge in [-0.05, 0) is 36.2 Å². The van der Waals surface area contributed by atoms with Crippen LogP contribution in [0.5, 0.6) is 11.5 Å². The van der Waals surface area contributed by atoms with Crippen LogP contribution in [0.3, 0.4) is 0 Å². The third-order valence-electron chi connectivity index (χ3n) is 4.11. The van der Waals surface area contributed by atoms with E-state index < -0.39 is 0 Å². The molecule has 4 heteroatoms. The third-order valence-corrected chi connectivity index (χ3v) is 4.11. The molecule has 106 valence electrons. The molecule has 1 aliphatic rings. The standard InChI is InChI=1S/C17H16N2O2/c1-20-15-9-11-7-8-19-14-6-4-3-5-13(14)18-17(19)12(11)10-16(15)21-2/h3-6,9-10H,7-8H2,1-2H3. The zero-order chi connectivity index (χ0) is 14.4. The van der Waals surface area contributed by atoms with Crippen molar-refractivity contribution in [1.82, 2.24) is 9.55 Å². The van der Waals surface area contributed by atoms with Crippen LogP contribution >= 0.6 is 0 Å². The Kier molecular flexibility index (Phi) is 2.64. The summed E-state index contributed by atoms with van der Waals surface area (Å²) in [6.07, 6.45) is 0.975. The maximum absolute atomic E-state index is 5.43. The lowest BCUT2D eigenvalue weighted by Crippen LogP contribution is -2.11. The molecule has 2 aromatic carbocycles. The molecule has 21 heavy (non-hydrogen) atoms. The number of rotatable bonds is 2. The molecule has 3 aromatic rings. The summed E-state index contributed by atoms with van der Waals surface area (Å²) in [6, 6.07) is 12.4. The van der Waals surface area contributed by atoms with Crippen molar-refractivity contribution in [2.45, 2.75) is 13.0 Å². The molecule has 0 radical (unpaired) electrons. The number of nitrogens with zero attached hydrogens (tertiary/aromatic N) is 2. The molecule has 0 atom stereocenters. The summed E-state index contributed by atoms with van der Waals surface area (Å²) in [5.41, 5.74) is 4.62. The monoisotopic (exact) mass is 280 g/mol. The molecule has 1 aromatic heterocycles. The molecule has 0 fully saturated rings. The molecule has 0 bridgehead atoms. The topological polar surface area (TPSA) is 36.3 Å². The number of ether oxygens (including phenoxy) is 2. The van der Waals surface area contributed by atoms with Gasteiger partial charge in [0.1, 0.15) is 5.82 Å². The number of fused-ring (bicyclic) bond motifs is 5. The van der Waals surface area contributed by atoms with E-state index in [1.807, 2.05) is 12.1 Å². The number of para-hydroxylation sites is 2. The number of aryl methyl sites for hydroxylation is 2. The Morgan fingerprint density at radius 2 is 1.81 bits per heavy atom. The van der Waals surface area contributed by atoms with Gasteiger partial charge in [-0.1, -0.05) is 12.1 Å². The van der Waals surface area contributed by atoms with Gasteiger partial charge in [0.25, 0.3) is 0 Å². The summed E-state index contributed by atoms with van der Waals surface area (Å²) in [4.78, 5) is 4.79. The van der Waals surface area contributed by atoms with Gasteiger partial charge in [-0.15, -0.1) is 0 Å². The third kappa shape index (κ3) is 1.72. The maximum Gasteiger partial charge on any atom is 0.161 e. The molecule has 0 N–H and O–H groups in total. The summed E-state index contributed by atoms with van der Waals surface area (Å²) in [5.74, 6) is 2.54. The van der Waals surface area contributed by atoms with Gasteiger partial charge < -0.3 is 14.0 Å². The number of hydrogen-bond donors (Lipinski definition) is 0. The molecular formula is C17H16N2O2. The molecule has 0 amide bonds. The van der Waals surface area contributed by atoms with Gasteiger partial charge in [-0.25, -0.2) is 4.98 Å². The first-order valence-electron chi connectivity index (χ1n) is 7.02. The minimum atomic E-state index is 0.747. The zero-order valence-corrected chi connectivity index (χ0v) is 12.1. The predicted octanol–water partition coefficient (Wildman–Crippen LogP) is 3.28. The van der Waals surface area contributed by atoms with Gasteiger partial charge >= 0.3 is 0 Å². The highest BCUT2D eigenvalue weighted by atomic mass is 16.5. The molecule has 0 saturated heterocycles. The highest BCUT2D eigenvalue weighted by Gasteiger charge is 2.22.